The Balaban J connectivity index is 1.63. The van der Waals surface area contributed by atoms with Crippen molar-refractivity contribution in [3.63, 3.8) is 0 Å². The summed E-state index contributed by atoms with van der Waals surface area (Å²) in [5.74, 6) is -0.131. The van der Waals surface area contributed by atoms with Gasteiger partial charge in [-0.3, -0.25) is 14.9 Å². The largest absolute Gasteiger partial charge is 0.452 e. The monoisotopic (exact) mass is 387 g/mol. The van der Waals surface area contributed by atoms with Crippen molar-refractivity contribution in [1.29, 1.82) is 0 Å². The Labute approximate surface area is 158 Å². The van der Waals surface area contributed by atoms with Gasteiger partial charge in [0.1, 0.15) is 0 Å². The van der Waals surface area contributed by atoms with E-state index < -0.39 is 17.0 Å². The number of nitrogens with zero attached hydrogens (tertiary/aromatic N) is 3. The van der Waals surface area contributed by atoms with Crippen molar-refractivity contribution in [3.8, 4) is 11.5 Å². The smallest absolute Gasteiger partial charge is 0.311 e. The van der Waals surface area contributed by atoms with Gasteiger partial charge in [0.25, 0.3) is 11.6 Å². The Kier molecular flexibility index (Phi) is 5.46. The summed E-state index contributed by atoms with van der Waals surface area (Å²) in [7, 11) is 0. The number of rotatable bonds is 6. The quantitative estimate of drug-likeness (QED) is 0.355. The number of nitro groups is 1. The predicted molar refractivity (Wildman–Crippen MR) is 96.1 cm³/mol. The Bertz CT molecular complexity index is 954. The zero-order valence-corrected chi connectivity index (χ0v) is 14.9. The number of nitro benzene ring substituents is 1. The van der Waals surface area contributed by atoms with E-state index in [4.69, 9.17) is 20.8 Å². The summed E-state index contributed by atoms with van der Waals surface area (Å²) < 4.78 is 10.8. The van der Waals surface area contributed by atoms with Crippen LogP contribution in [0.25, 0.3) is 11.5 Å². The normalized spacial score (nSPS) is 11.8. The highest BCUT2D eigenvalue weighted by molar-refractivity contribution is 6.30. The molecule has 1 heterocycles. The molecule has 8 nitrogen and oxygen atoms in total. The van der Waals surface area contributed by atoms with Gasteiger partial charge in [-0.2, -0.15) is 0 Å². The average molecular weight is 388 g/mol. The second-order valence-corrected chi connectivity index (χ2v) is 6.12. The van der Waals surface area contributed by atoms with Gasteiger partial charge < -0.3 is 9.15 Å². The van der Waals surface area contributed by atoms with E-state index in [1.165, 1.54) is 24.3 Å². The van der Waals surface area contributed by atoms with E-state index in [0.29, 0.717) is 10.6 Å². The first-order valence-corrected chi connectivity index (χ1v) is 8.32. The molecule has 0 saturated heterocycles. The first-order chi connectivity index (χ1) is 12.9. The van der Waals surface area contributed by atoms with E-state index in [-0.39, 0.29) is 23.9 Å². The molecule has 2 aromatic carbocycles. The molecule has 0 saturated carbocycles. The summed E-state index contributed by atoms with van der Waals surface area (Å²) in [5.41, 5.74) is 1.26. The highest BCUT2D eigenvalue weighted by Gasteiger charge is 2.19. The van der Waals surface area contributed by atoms with Gasteiger partial charge in [-0.05, 0) is 36.8 Å². The van der Waals surface area contributed by atoms with Crippen LogP contribution < -0.4 is 0 Å². The number of benzene rings is 2. The summed E-state index contributed by atoms with van der Waals surface area (Å²) in [6, 6.07) is 12.6. The zero-order valence-electron chi connectivity index (χ0n) is 14.2. The Hall–Kier alpha value is -3.26. The number of carbonyl (C=O) groups is 1. The van der Waals surface area contributed by atoms with E-state index in [1.807, 2.05) is 0 Å². The molecule has 0 radical (unpaired) electrons. The maximum Gasteiger partial charge on any atom is 0.311 e. The van der Waals surface area contributed by atoms with Gasteiger partial charge in [0.05, 0.1) is 11.3 Å². The lowest BCUT2D eigenvalue weighted by atomic mass is 10.1. The molecule has 1 aromatic heterocycles. The fourth-order valence-electron chi connectivity index (χ4n) is 2.30. The van der Waals surface area contributed by atoms with Gasteiger partial charge in [0.2, 0.25) is 5.89 Å². The molecule has 0 aliphatic heterocycles. The average Bonchev–Trinajstić information content (AvgIpc) is 3.14. The highest BCUT2D eigenvalue weighted by atomic mass is 35.5. The fraction of sp³-hybridized carbons (Fsp3) is 0.167. The number of hydrogen-bond acceptors (Lipinski definition) is 7. The summed E-state index contributed by atoms with van der Waals surface area (Å²) in [5, 5.41) is 19.0. The molecule has 3 aromatic rings. The van der Waals surface area contributed by atoms with Crippen LogP contribution in [0.5, 0.6) is 0 Å². The van der Waals surface area contributed by atoms with Gasteiger partial charge >= 0.3 is 5.97 Å². The van der Waals surface area contributed by atoms with E-state index in [1.54, 1.807) is 31.2 Å². The molecule has 138 valence electrons. The molecule has 0 unspecified atom stereocenters. The summed E-state index contributed by atoms with van der Waals surface area (Å²) in [4.78, 5) is 22.2. The molecule has 0 fully saturated rings. The fourth-order valence-corrected chi connectivity index (χ4v) is 2.43. The predicted octanol–water partition coefficient (Wildman–Crippen LogP) is 4.15. The van der Waals surface area contributed by atoms with E-state index in [2.05, 4.69) is 10.2 Å². The summed E-state index contributed by atoms with van der Waals surface area (Å²) in [6.45, 7) is 1.62. The number of esters is 1. The minimum Gasteiger partial charge on any atom is -0.452 e. The van der Waals surface area contributed by atoms with Gasteiger partial charge in [0, 0.05) is 22.7 Å². The third-order valence-corrected chi connectivity index (χ3v) is 3.94. The molecule has 0 amide bonds. The van der Waals surface area contributed by atoms with Crippen molar-refractivity contribution in [2.45, 2.75) is 19.4 Å². The number of halogens is 1. The van der Waals surface area contributed by atoms with Gasteiger partial charge in [-0.1, -0.05) is 23.7 Å². The van der Waals surface area contributed by atoms with Crippen LogP contribution in [0.3, 0.4) is 0 Å². The van der Waals surface area contributed by atoms with Gasteiger partial charge in [0.15, 0.2) is 6.10 Å². The van der Waals surface area contributed by atoms with Crippen LogP contribution in [0.1, 0.15) is 24.5 Å². The van der Waals surface area contributed by atoms with Crippen LogP contribution in [-0.2, 0) is 16.0 Å². The van der Waals surface area contributed by atoms with Crippen molar-refractivity contribution in [1.82, 2.24) is 10.2 Å². The number of aromatic nitrogens is 2. The topological polar surface area (TPSA) is 108 Å². The number of non-ortho nitro benzene ring substituents is 1. The molecule has 9 heteroatoms. The maximum absolute atomic E-state index is 12.1. The lowest BCUT2D eigenvalue weighted by molar-refractivity contribution is -0.384. The first kappa shape index (κ1) is 18.5. The lowest BCUT2D eigenvalue weighted by Gasteiger charge is -2.09. The second kappa shape index (κ2) is 7.96. The van der Waals surface area contributed by atoms with Gasteiger partial charge in [-0.15, -0.1) is 10.2 Å². The van der Waals surface area contributed by atoms with Crippen LogP contribution in [0.4, 0.5) is 5.69 Å². The van der Waals surface area contributed by atoms with Crippen molar-refractivity contribution >= 4 is 23.3 Å². The minimum atomic E-state index is -0.732. The van der Waals surface area contributed by atoms with Crippen LogP contribution in [0, 0.1) is 10.1 Å². The van der Waals surface area contributed by atoms with Crippen LogP contribution >= 0.6 is 11.6 Å². The molecular weight excluding hydrogens is 374 g/mol. The maximum atomic E-state index is 12.1. The van der Waals surface area contributed by atoms with E-state index in [0.717, 1.165) is 5.56 Å². The first-order valence-electron chi connectivity index (χ1n) is 7.94. The molecule has 0 spiro atoms. The Morgan fingerprint density at radius 2 is 1.85 bits per heavy atom. The Morgan fingerprint density at radius 3 is 2.48 bits per heavy atom. The molecule has 27 heavy (non-hydrogen) atoms. The third-order valence-electron chi connectivity index (χ3n) is 3.68. The lowest BCUT2D eigenvalue weighted by Crippen LogP contribution is -2.11. The summed E-state index contributed by atoms with van der Waals surface area (Å²) in [6.07, 6.45) is -0.644. The minimum absolute atomic E-state index is 0.0389. The van der Waals surface area contributed by atoms with E-state index in [9.17, 15) is 14.9 Å². The standard InChI is InChI=1S/C18H14ClN3O5/c1-11(26-16(23)10-12-2-6-14(19)7-3-12)17-20-21-18(27-17)13-4-8-15(9-5-13)22(24)25/h2-9,11H,10H2,1H3/t11-/m1/s1. The Morgan fingerprint density at radius 1 is 1.19 bits per heavy atom. The molecule has 0 N–H and O–H groups in total. The van der Waals surface area contributed by atoms with Crippen LogP contribution in [0.15, 0.2) is 52.9 Å². The molecule has 0 aliphatic carbocycles. The van der Waals surface area contributed by atoms with Crippen LogP contribution in [-0.4, -0.2) is 21.1 Å². The van der Waals surface area contributed by atoms with Crippen molar-refractivity contribution < 1.29 is 18.9 Å². The SMILES string of the molecule is C[C@@H](OC(=O)Cc1ccc(Cl)cc1)c1nnc(-c2ccc([N+](=O)[O-])cc2)o1. The molecule has 1 atom stereocenters. The second-order valence-electron chi connectivity index (χ2n) is 5.68. The van der Waals surface area contributed by atoms with E-state index >= 15 is 0 Å². The molecular formula is C18H14ClN3O5. The number of ether oxygens (including phenoxy) is 1. The molecule has 0 aliphatic rings. The van der Waals surface area contributed by atoms with Crippen LogP contribution in [0.2, 0.25) is 5.02 Å². The third kappa shape index (κ3) is 4.68. The van der Waals surface area contributed by atoms with Crippen molar-refractivity contribution in [3.05, 3.63) is 75.1 Å². The zero-order chi connectivity index (χ0) is 19.4. The van der Waals surface area contributed by atoms with Gasteiger partial charge in [-0.25, -0.2) is 0 Å². The van der Waals surface area contributed by atoms with Crippen molar-refractivity contribution in [2.75, 3.05) is 0 Å². The van der Waals surface area contributed by atoms with Crippen molar-refractivity contribution in [2.24, 2.45) is 0 Å². The number of carbonyl (C=O) groups excluding carboxylic acids is 1. The summed E-state index contributed by atoms with van der Waals surface area (Å²) >= 11 is 5.81. The number of hydrogen-bond donors (Lipinski definition) is 0. The highest BCUT2D eigenvalue weighted by Crippen LogP contribution is 2.24. The molecule has 3 rings (SSSR count). The molecule has 0 bridgehead atoms.